The number of benzene rings is 1. The second-order valence-electron chi connectivity index (χ2n) is 4.41. The number of aliphatic hydroxyl groups is 1. The molecule has 1 atom stereocenters. The third-order valence-corrected chi connectivity index (χ3v) is 5.70. The third-order valence-electron chi connectivity index (χ3n) is 2.87. The first-order valence-corrected chi connectivity index (χ1v) is 8.72. The molecule has 2 aromatic rings. The molecule has 0 aliphatic carbocycles. The average molecular weight is 350 g/mol. The number of aryl methyl sites for hydroxylation is 1. The molecule has 4 nitrogen and oxygen atoms in total. The first-order valence-electron chi connectivity index (χ1n) is 5.98. The predicted molar refractivity (Wildman–Crippen MR) is 80.6 cm³/mol. The molecule has 2 N–H and O–H groups in total. The number of aliphatic hydroxyl groups excluding tert-OH is 1. The molecule has 8 heteroatoms. The van der Waals surface area contributed by atoms with Crippen LogP contribution in [-0.4, -0.2) is 20.1 Å². The van der Waals surface area contributed by atoms with E-state index in [9.17, 15) is 17.9 Å². The van der Waals surface area contributed by atoms with Gasteiger partial charge in [0.2, 0.25) is 10.0 Å². The molecule has 0 saturated carbocycles. The lowest BCUT2D eigenvalue weighted by Gasteiger charge is -2.12. The number of rotatable bonds is 5. The topological polar surface area (TPSA) is 66.4 Å². The van der Waals surface area contributed by atoms with Gasteiger partial charge in [0.15, 0.2) is 0 Å². The van der Waals surface area contributed by atoms with Crippen LogP contribution in [0.15, 0.2) is 34.5 Å². The van der Waals surface area contributed by atoms with Crippen molar-refractivity contribution in [3.05, 3.63) is 50.9 Å². The van der Waals surface area contributed by atoms with Gasteiger partial charge < -0.3 is 5.11 Å². The summed E-state index contributed by atoms with van der Waals surface area (Å²) < 4.78 is 39.4. The minimum absolute atomic E-state index is 0.149. The molecule has 0 spiro atoms. The van der Waals surface area contributed by atoms with Crippen LogP contribution in [0.25, 0.3) is 0 Å². The number of hydrogen-bond donors (Lipinski definition) is 2. The van der Waals surface area contributed by atoms with Crippen LogP contribution < -0.4 is 4.72 Å². The fourth-order valence-electron chi connectivity index (χ4n) is 1.73. The van der Waals surface area contributed by atoms with Gasteiger partial charge in [0.05, 0.1) is 9.92 Å². The second kappa shape index (κ2) is 6.41. The molecule has 1 aromatic heterocycles. The van der Waals surface area contributed by atoms with Gasteiger partial charge in [-0.3, -0.25) is 0 Å². The summed E-state index contributed by atoms with van der Waals surface area (Å²) in [5.41, 5.74) is 0.900. The summed E-state index contributed by atoms with van der Waals surface area (Å²) in [4.78, 5) is 0.554. The van der Waals surface area contributed by atoms with E-state index in [-0.39, 0.29) is 16.5 Å². The molecule has 1 unspecified atom stereocenters. The van der Waals surface area contributed by atoms with E-state index in [2.05, 4.69) is 4.72 Å². The molecule has 2 rings (SSSR count). The van der Waals surface area contributed by atoms with E-state index in [1.807, 2.05) is 18.4 Å². The van der Waals surface area contributed by atoms with Crippen LogP contribution in [0.1, 0.15) is 16.5 Å². The highest BCUT2D eigenvalue weighted by Gasteiger charge is 2.19. The molecular weight excluding hydrogens is 337 g/mol. The summed E-state index contributed by atoms with van der Waals surface area (Å²) in [7, 11) is -3.86. The molecule has 0 bridgehead atoms. The number of halogens is 2. The maximum atomic E-state index is 13.0. The van der Waals surface area contributed by atoms with Gasteiger partial charge in [0, 0.05) is 11.4 Å². The fourth-order valence-corrected chi connectivity index (χ4v) is 3.96. The Hall–Kier alpha value is -0.990. The summed E-state index contributed by atoms with van der Waals surface area (Å²) >= 11 is 6.92. The maximum Gasteiger partial charge on any atom is 0.240 e. The van der Waals surface area contributed by atoms with Crippen LogP contribution in [0.3, 0.4) is 0 Å². The molecule has 21 heavy (non-hydrogen) atoms. The van der Waals surface area contributed by atoms with Gasteiger partial charge in [-0.2, -0.15) is 0 Å². The van der Waals surface area contributed by atoms with Crippen molar-refractivity contribution >= 4 is 33.0 Å². The number of thiophene rings is 1. The normalized spacial score (nSPS) is 13.3. The predicted octanol–water partition coefficient (Wildman–Crippen LogP) is 2.86. The smallest absolute Gasteiger partial charge is 0.240 e. The average Bonchev–Trinajstić information content (AvgIpc) is 2.85. The van der Waals surface area contributed by atoms with E-state index < -0.39 is 21.9 Å². The third kappa shape index (κ3) is 3.81. The minimum atomic E-state index is -3.86. The van der Waals surface area contributed by atoms with Crippen LogP contribution in [0.2, 0.25) is 5.02 Å². The van der Waals surface area contributed by atoms with E-state index in [1.165, 1.54) is 11.3 Å². The van der Waals surface area contributed by atoms with Crippen molar-refractivity contribution < 1.29 is 17.9 Å². The Balaban J connectivity index is 2.11. The summed E-state index contributed by atoms with van der Waals surface area (Å²) in [6, 6.07) is 4.97. The highest BCUT2D eigenvalue weighted by atomic mass is 35.5. The molecule has 1 heterocycles. The van der Waals surface area contributed by atoms with Crippen molar-refractivity contribution in [2.24, 2.45) is 0 Å². The lowest BCUT2D eigenvalue weighted by molar-refractivity contribution is 0.185. The molecule has 114 valence electrons. The van der Waals surface area contributed by atoms with Crippen LogP contribution >= 0.6 is 22.9 Å². The van der Waals surface area contributed by atoms with Gasteiger partial charge in [-0.05, 0) is 42.1 Å². The lowest BCUT2D eigenvalue weighted by atomic mass is 10.2. The number of sulfonamides is 1. The maximum absolute atomic E-state index is 13.0. The zero-order valence-electron chi connectivity index (χ0n) is 11.0. The minimum Gasteiger partial charge on any atom is -0.386 e. The Kier molecular flexibility index (Phi) is 5.00. The Labute approximate surface area is 131 Å². The first kappa shape index (κ1) is 16.4. The zero-order chi connectivity index (χ0) is 15.6. The van der Waals surface area contributed by atoms with E-state index in [4.69, 9.17) is 11.6 Å². The quantitative estimate of drug-likeness (QED) is 0.872. The van der Waals surface area contributed by atoms with E-state index >= 15 is 0 Å². The Morgan fingerprint density at radius 2 is 2.14 bits per heavy atom. The van der Waals surface area contributed by atoms with E-state index in [0.29, 0.717) is 4.88 Å². The van der Waals surface area contributed by atoms with Crippen molar-refractivity contribution in [3.8, 4) is 0 Å². The van der Waals surface area contributed by atoms with Crippen molar-refractivity contribution in [1.29, 1.82) is 0 Å². The molecule has 0 aliphatic rings. The summed E-state index contributed by atoms with van der Waals surface area (Å²) in [5, 5.41) is 11.5. The SMILES string of the molecule is Cc1ccsc1C(O)CNS(=O)(=O)c1ccc(F)c(Cl)c1. The van der Waals surface area contributed by atoms with Crippen molar-refractivity contribution in [2.45, 2.75) is 17.9 Å². The zero-order valence-corrected chi connectivity index (χ0v) is 13.4. The largest absolute Gasteiger partial charge is 0.386 e. The van der Waals surface area contributed by atoms with Gasteiger partial charge in [0.1, 0.15) is 11.9 Å². The first-order chi connectivity index (χ1) is 9.81. The van der Waals surface area contributed by atoms with Gasteiger partial charge in [-0.15, -0.1) is 11.3 Å². The number of hydrogen-bond acceptors (Lipinski definition) is 4. The molecule has 0 amide bonds. The number of nitrogens with one attached hydrogen (secondary N) is 1. The van der Waals surface area contributed by atoms with Crippen molar-refractivity contribution in [2.75, 3.05) is 6.54 Å². The second-order valence-corrected chi connectivity index (χ2v) is 7.53. The highest BCUT2D eigenvalue weighted by Crippen LogP contribution is 2.24. The molecule has 0 fully saturated rings. The molecule has 0 aliphatic heterocycles. The molecule has 0 saturated heterocycles. The van der Waals surface area contributed by atoms with Crippen LogP contribution in [0.5, 0.6) is 0 Å². The molecule has 0 radical (unpaired) electrons. The fraction of sp³-hybridized carbons (Fsp3) is 0.231. The Morgan fingerprint density at radius 3 is 2.71 bits per heavy atom. The van der Waals surface area contributed by atoms with Crippen molar-refractivity contribution in [3.63, 3.8) is 0 Å². The van der Waals surface area contributed by atoms with Gasteiger partial charge in [0.25, 0.3) is 0 Å². The highest BCUT2D eigenvalue weighted by molar-refractivity contribution is 7.89. The summed E-state index contributed by atoms with van der Waals surface area (Å²) in [6.45, 7) is 1.67. The van der Waals surface area contributed by atoms with Crippen LogP contribution in [0, 0.1) is 12.7 Å². The monoisotopic (exact) mass is 349 g/mol. The van der Waals surface area contributed by atoms with E-state index in [1.54, 1.807) is 0 Å². The molecular formula is C13H13ClFNO3S2. The summed E-state index contributed by atoms with van der Waals surface area (Å²) in [6.07, 6.45) is -0.935. The van der Waals surface area contributed by atoms with Crippen molar-refractivity contribution in [1.82, 2.24) is 4.72 Å². The van der Waals surface area contributed by atoms with Gasteiger partial charge >= 0.3 is 0 Å². The summed E-state index contributed by atoms with van der Waals surface area (Å²) in [5.74, 6) is -0.690. The molecule has 1 aromatic carbocycles. The Bertz CT molecular complexity index is 746. The van der Waals surface area contributed by atoms with Gasteiger partial charge in [-0.25, -0.2) is 17.5 Å². The Morgan fingerprint density at radius 1 is 1.43 bits per heavy atom. The standard InChI is InChI=1S/C13H13ClFNO3S2/c1-8-4-5-20-13(8)12(17)7-16-21(18,19)9-2-3-11(15)10(14)6-9/h2-6,12,16-17H,7H2,1H3. The van der Waals surface area contributed by atoms with E-state index in [0.717, 1.165) is 23.8 Å². The lowest BCUT2D eigenvalue weighted by Crippen LogP contribution is -2.28. The van der Waals surface area contributed by atoms with Crippen LogP contribution in [0.4, 0.5) is 4.39 Å². The van der Waals surface area contributed by atoms with Gasteiger partial charge in [-0.1, -0.05) is 11.6 Å². The van der Waals surface area contributed by atoms with Crippen LogP contribution in [-0.2, 0) is 10.0 Å².